The summed E-state index contributed by atoms with van der Waals surface area (Å²) < 4.78 is 9.88. The van der Waals surface area contributed by atoms with Crippen molar-refractivity contribution < 1.29 is 19.1 Å². The predicted octanol–water partition coefficient (Wildman–Crippen LogP) is 1.71. The van der Waals surface area contributed by atoms with E-state index in [2.05, 4.69) is 0 Å². The van der Waals surface area contributed by atoms with Gasteiger partial charge in [0, 0.05) is 11.5 Å². The molecular formula is C12H10O5. The SMILES string of the molecule is COc1cc2oc(=O)c(C(C)=O)cc2cc1O. The molecule has 0 aliphatic rings. The lowest BCUT2D eigenvalue weighted by Crippen LogP contribution is -2.10. The molecule has 1 aromatic carbocycles. The highest BCUT2D eigenvalue weighted by Gasteiger charge is 2.12. The van der Waals surface area contributed by atoms with Gasteiger partial charge in [-0.25, -0.2) is 4.79 Å². The maximum absolute atomic E-state index is 11.5. The van der Waals surface area contributed by atoms with Gasteiger partial charge in [0.25, 0.3) is 0 Å². The van der Waals surface area contributed by atoms with Crippen LogP contribution in [0.2, 0.25) is 0 Å². The maximum atomic E-state index is 11.5. The number of fused-ring (bicyclic) bond motifs is 1. The van der Waals surface area contributed by atoms with E-state index in [4.69, 9.17) is 9.15 Å². The fourth-order valence-electron chi connectivity index (χ4n) is 1.55. The zero-order valence-electron chi connectivity index (χ0n) is 9.31. The average Bonchev–Trinajstić information content (AvgIpc) is 2.27. The van der Waals surface area contributed by atoms with E-state index in [9.17, 15) is 14.7 Å². The van der Waals surface area contributed by atoms with Gasteiger partial charge in [-0.1, -0.05) is 0 Å². The molecule has 1 aromatic heterocycles. The number of ether oxygens (including phenoxy) is 1. The molecule has 88 valence electrons. The van der Waals surface area contributed by atoms with Gasteiger partial charge in [-0.3, -0.25) is 4.79 Å². The number of aromatic hydroxyl groups is 1. The molecule has 1 heterocycles. The number of carbonyl (C=O) groups is 1. The third-order valence-corrected chi connectivity index (χ3v) is 2.41. The lowest BCUT2D eigenvalue weighted by atomic mass is 10.1. The summed E-state index contributed by atoms with van der Waals surface area (Å²) in [4.78, 5) is 22.6. The Morgan fingerprint density at radius 1 is 1.35 bits per heavy atom. The van der Waals surface area contributed by atoms with Gasteiger partial charge in [-0.05, 0) is 19.1 Å². The summed E-state index contributed by atoms with van der Waals surface area (Å²) in [6, 6.07) is 4.17. The molecule has 17 heavy (non-hydrogen) atoms. The van der Waals surface area contributed by atoms with Crippen LogP contribution >= 0.6 is 0 Å². The molecule has 0 bridgehead atoms. The molecule has 0 atom stereocenters. The minimum atomic E-state index is -0.697. The van der Waals surface area contributed by atoms with Crippen LogP contribution in [0, 0.1) is 0 Å². The van der Waals surface area contributed by atoms with Gasteiger partial charge in [-0.2, -0.15) is 0 Å². The second-order valence-electron chi connectivity index (χ2n) is 3.57. The summed E-state index contributed by atoms with van der Waals surface area (Å²) in [6.07, 6.45) is 0. The lowest BCUT2D eigenvalue weighted by Gasteiger charge is -2.05. The van der Waals surface area contributed by atoms with Crippen LogP contribution in [0.3, 0.4) is 0 Å². The summed E-state index contributed by atoms with van der Waals surface area (Å²) in [6.45, 7) is 1.28. The summed E-state index contributed by atoms with van der Waals surface area (Å²) in [7, 11) is 1.39. The summed E-state index contributed by atoms with van der Waals surface area (Å²) >= 11 is 0. The largest absolute Gasteiger partial charge is 0.504 e. The number of phenolic OH excluding ortho intramolecular Hbond substituents is 1. The average molecular weight is 234 g/mol. The van der Waals surface area contributed by atoms with Gasteiger partial charge in [0.15, 0.2) is 17.3 Å². The molecule has 0 aliphatic heterocycles. The van der Waals surface area contributed by atoms with Gasteiger partial charge in [0.05, 0.1) is 7.11 Å². The molecule has 0 unspecified atom stereocenters. The van der Waals surface area contributed by atoms with Crippen molar-refractivity contribution in [3.05, 3.63) is 34.2 Å². The number of ketones is 1. The van der Waals surface area contributed by atoms with Crippen molar-refractivity contribution in [1.29, 1.82) is 0 Å². The van der Waals surface area contributed by atoms with E-state index in [-0.39, 0.29) is 28.4 Å². The third kappa shape index (κ3) is 1.87. The fourth-order valence-corrected chi connectivity index (χ4v) is 1.55. The first-order chi connectivity index (χ1) is 8.02. The molecule has 2 aromatic rings. The molecule has 2 rings (SSSR count). The minimum absolute atomic E-state index is 0.0398. The molecular weight excluding hydrogens is 224 g/mol. The standard InChI is InChI=1S/C12H10O5/c1-6(13)8-3-7-4-9(14)11(16-2)5-10(7)17-12(8)15/h3-5,14H,1-2H3. The molecule has 0 saturated carbocycles. The van der Waals surface area contributed by atoms with E-state index in [1.165, 1.54) is 32.2 Å². The Labute approximate surface area is 96.2 Å². The van der Waals surface area contributed by atoms with Gasteiger partial charge in [-0.15, -0.1) is 0 Å². The summed E-state index contributed by atoms with van der Waals surface area (Å²) in [5.41, 5.74) is -0.477. The van der Waals surface area contributed by atoms with Crippen LogP contribution in [0.15, 0.2) is 27.4 Å². The number of methoxy groups -OCH3 is 1. The predicted molar refractivity (Wildman–Crippen MR) is 60.7 cm³/mol. The normalized spacial score (nSPS) is 10.5. The highest BCUT2D eigenvalue weighted by Crippen LogP contribution is 2.30. The first kappa shape index (κ1) is 11.2. The van der Waals surface area contributed by atoms with Gasteiger partial charge in [0.2, 0.25) is 0 Å². The monoisotopic (exact) mass is 234 g/mol. The number of hydrogen-bond donors (Lipinski definition) is 1. The van der Waals surface area contributed by atoms with Crippen LogP contribution in [0.25, 0.3) is 11.0 Å². The van der Waals surface area contributed by atoms with E-state index in [1.54, 1.807) is 0 Å². The Balaban J connectivity index is 2.79. The summed E-state index contributed by atoms with van der Waals surface area (Å²) in [5.74, 6) is -0.254. The van der Waals surface area contributed by atoms with Crippen LogP contribution in [0.5, 0.6) is 11.5 Å². The molecule has 1 N–H and O–H groups in total. The van der Waals surface area contributed by atoms with Gasteiger partial charge >= 0.3 is 5.63 Å². The quantitative estimate of drug-likeness (QED) is 0.632. The van der Waals surface area contributed by atoms with Crippen LogP contribution < -0.4 is 10.4 Å². The van der Waals surface area contributed by atoms with Crippen molar-refractivity contribution >= 4 is 16.8 Å². The van der Waals surface area contributed by atoms with Crippen LogP contribution in [-0.4, -0.2) is 18.0 Å². The van der Waals surface area contributed by atoms with Crippen molar-refractivity contribution in [3.63, 3.8) is 0 Å². The topological polar surface area (TPSA) is 76.7 Å². The first-order valence-corrected chi connectivity index (χ1v) is 4.88. The number of benzene rings is 1. The molecule has 5 nitrogen and oxygen atoms in total. The molecule has 0 saturated heterocycles. The van der Waals surface area contributed by atoms with Crippen LogP contribution in [0.4, 0.5) is 0 Å². The molecule has 0 aliphatic carbocycles. The Bertz CT molecular complexity index is 654. The zero-order chi connectivity index (χ0) is 12.6. The summed E-state index contributed by atoms with van der Waals surface area (Å²) in [5, 5.41) is 10.0. The second kappa shape index (κ2) is 3.93. The third-order valence-electron chi connectivity index (χ3n) is 2.41. The van der Waals surface area contributed by atoms with E-state index in [0.29, 0.717) is 5.39 Å². The molecule has 0 amide bonds. The number of Topliss-reactive ketones (excluding diaryl/α,β-unsaturated/α-hetero) is 1. The Morgan fingerprint density at radius 3 is 2.65 bits per heavy atom. The van der Waals surface area contributed by atoms with Crippen molar-refractivity contribution in [1.82, 2.24) is 0 Å². The van der Waals surface area contributed by atoms with Gasteiger partial charge in [0.1, 0.15) is 11.1 Å². The zero-order valence-corrected chi connectivity index (χ0v) is 9.31. The van der Waals surface area contributed by atoms with Crippen LogP contribution in [-0.2, 0) is 0 Å². The molecule has 5 heteroatoms. The van der Waals surface area contributed by atoms with E-state index in [0.717, 1.165) is 0 Å². The van der Waals surface area contributed by atoms with Crippen LogP contribution in [0.1, 0.15) is 17.3 Å². The van der Waals surface area contributed by atoms with E-state index < -0.39 is 5.63 Å². The van der Waals surface area contributed by atoms with Crippen molar-refractivity contribution in [3.8, 4) is 11.5 Å². The fraction of sp³-hybridized carbons (Fsp3) is 0.167. The maximum Gasteiger partial charge on any atom is 0.347 e. The molecule has 0 fully saturated rings. The smallest absolute Gasteiger partial charge is 0.347 e. The second-order valence-corrected chi connectivity index (χ2v) is 3.57. The van der Waals surface area contributed by atoms with Crippen molar-refractivity contribution in [2.45, 2.75) is 6.92 Å². The number of phenols is 1. The number of carbonyl (C=O) groups excluding carboxylic acids is 1. The Morgan fingerprint density at radius 2 is 2.06 bits per heavy atom. The van der Waals surface area contributed by atoms with Crippen molar-refractivity contribution in [2.24, 2.45) is 0 Å². The molecule has 0 spiro atoms. The minimum Gasteiger partial charge on any atom is -0.504 e. The van der Waals surface area contributed by atoms with E-state index in [1.807, 2.05) is 0 Å². The Hall–Kier alpha value is -2.30. The number of hydrogen-bond acceptors (Lipinski definition) is 5. The molecule has 0 radical (unpaired) electrons. The first-order valence-electron chi connectivity index (χ1n) is 4.88. The Kier molecular flexibility index (Phi) is 2.59. The highest BCUT2D eigenvalue weighted by molar-refractivity contribution is 5.96. The van der Waals surface area contributed by atoms with E-state index >= 15 is 0 Å². The van der Waals surface area contributed by atoms with Crippen molar-refractivity contribution in [2.75, 3.05) is 7.11 Å². The van der Waals surface area contributed by atoms with Gasteiger partial charge < -0.3 is 14.3 Å². The number of rotatable bonds is 2. The highest BCUT2D eigenvalue weighted by atomic mass is 16.5. The lowest BCUT2D eigenvalue weighted by molar-refractivity contribution is 0.101.